The molecular formula is C15H25NO2S. The van der Waals surface area contributed by atoms with Gasteiger partial charge in [0.1, 0.15) is 5.75 Å². The maximum atomic E-state index is 11.0. The van der Waals surface area contributed by atoms with Crippen molar-refractivity contribution in [3.05, 3.63) is 29.8 Å². The fourth-order valence-electron chi connectivity index (χ4n) is 1.74. The number of ether oxygens (including phenoxy) is 1. The Hall–Kier alpha value is -0.870. The SMILES string of the molecule is CC(CCS(C)=O)NCc1cccc(OC(C)C)c1. The molecule has 1 rings (SSSR count). The average Bonchev–Trinajstić information content (AvgIpc) is 2.33. The van der Waals surface area contributed by atoms with Gasteiger partial charge in [0.2, 0.25) is 0 Å². The second-order valence-corrected chi connectivity index (χ2v) is 6.72. The first-order chi connectivity index (χ1) is 8.97. The Bertz CT molecular complexity index is 407. The van der Waals surface area contributed by atoms with Gasteiger partial charge in [-0.2, -0.15) is 0 Å². The van der Waals surface area contributed by atoms with Gasteiger partial charge in [0.15, 0.2) is 0 Å². The zero-order valence-electron chi connectivity index (χ0n) is 12.3. The van der Waals surface area contributed by atoms with E-state index in [1.165, 1.54) is 5.56 Å². The van der Waals surface area contributed by atoms with E-state index in [1.807, 2.05) is 26.0 Å². The molecule has 0 heterocycles. The van der Waals surface area contributed by atoms with Gasteiger partial charge in [0.05, 0.1) is 6.10 Å². The highest BCUT2D eigenvalue weighted by Crippen LogP contribution is 2.15. The van der Waals surface area contributed by atoms with Crippen LogP contribution in [0.1, 0.15) is 32.8 Å². The molecule has 2 unspecified atom stereocenters. The standard InChI is InChI=1S/C15H25NO2S/c1-12(2)18-15-7-5-6-14(10-15)11-16-13(3)8-9-19(4)17/h5-7,10,12-13,16H,8-9,11H2,1-4H3. The van der Waals surface area contributed by atoms with E-state index in [2.05, 4.69) is 24.4 Å². The first-order valence-electron chi connectivity index (χ1n) is 6.76. The topological polar surface area (TPSA) is 38.3 Å². The van der Waals surface area contributed by atoms with Gasteiger partial charge in [0, 0.05) is 35.4 Å². The van der Waals surface area contributed by atoms with Crippen LogP contribution in [-0.2, 0) is 17.3 Å². The quantitative estimate of drug-likeness (QED) is 0.797. The second kappa shape index (κ2) is 8.33. The maximum absolute atomic E-state index is 11.0. The predicted molar refractivity (Wildman–Crippen MR) is 82.1 cm³/mol. The third-order valence-electron chi connectivity index (χ3n) is 2.76. The Labute approximate surface area is 119 Å². The van der Waals surface area contributed by atoms with Crippen LogP contribution in [0.5, 0.6) is 5.75 Å². The summed E-state index contributed by atoms with van der Waals surface area (Å²) in [7, 11) is -0.705. The zero-order chi connectivity index (χ0) is 14.3. The third-order valence-corrected chi connectivity index (χ3v) is 3.57. The Morgan fingerprint density at radius 1 is 1.32 bits per heavy atom. The molecule has 1 aromatic carbocycles. The fourth-order valence-corrected chi connectivity index (χ4v) is 2.42. The van der Waals surface area contributed by atoms with Crippen molar-refractivity contribution < 1.29 is 8.95 Å². The lowest BCUT2D eigenvalue weighted by Gasteiger charge is -2.14. The number of benzene rings is 1. The van der Waals surface area contributed by atoms with Crippen LogP contribution in [0.2, 0.25) is 0 Å². The van der Waals surface area contributed by atoms with Crippen molar-refractivity contribution in [3.8, 4) is 5.75 Å². The first kappa shape index (κ1) is 16.2. The highest BCUT2D eigenvalue weighted by Gasteiger charge is 2.04. The van der Waals surface area contributed by atoms with E-state index in [1.54, 1.807) is 6.26 Å². The normalized spacial score (nSPS) is 14.4. The molecule has 2 atom stereocenters. The molecule has 0 fully saturated rings. The minimum absolute atomic E-state index is 0.196. The summed E-state index contributed by atoms with van der Waals surface area (Å²) in [6.07, 6.45) is 2.88. The Kier molecular flexibility index (Phi) is 7.10. The van der Waals surface area contributed by atoms with Crippen LogP contribution in [0, 0.1) is 0 Å². The van der Waals surface area contributed by atoms with Crippen LogP contribution < -0.4 is 10.1 Å². The van der Waals surface area contributed by atoms with Gasteiger partial charge in [0.25, 0.3) is 0 Å². The summed E-state index contributed by atoms with van der Waals surface area (Å²) in [6, 6.07) is 8.52. The van der Waals surface area contributed by atoms with Crippen LogP contribution in [0.25, 0.3) is 0 Å². The summed E-state index contributed by atoms with van der Waals surface area (Å²) in [6.45, 7) is 6.99. The van der Waals surface area contributed by atoms with Gasteiger partial charge in [-0.25, -0.2) is 0 Å². The Morgan fingerprint density at radius 3 is 2.68 bits per heavy atom. The molecule has 0 aliphatic rings. The molecule has 0 aliphatic carbocycles. The molecule has 4 heteroatoms. The number of rotatable bonds is 8. The monoisotopic (exact) mass is 283 g/mol. The summed E-state index contributed by atoms with van der Waals surface area (Å²) in [5.74, 6) is 1.67. The van der Waals surface area contributed by atoms with Gasteiger partial charge >= 0.3 is 0 Å². The first-order valence-corrected chi connectivity index (χ1v) is 8.49. The van der Waals surface area contributed by atoms with Crippen molar-refractivity contribution in [3.63, 3.8) is 0 Å². The highest BCUT2D eigenvalue weighted by molar-refractivity contribution is 7.84. The molecule has 1 N–H and O–H groups in total. The summed E-state index contributed by atoms with van der Waals surface area (Å²) < 4.78 is 16.7. The lowest BCUT2D eigenvalue weighted by atomic mass is 10.2. The van der Waals surface area contributed by atoms with E-state index in [0.717, 1.165) is 24.5 Å². The second-order valence-electron chi connectivity index (χ2n) is 5.16. The van der Waals surface area contributed by atoms with Gasteiger partial charge in [-0.05, 0) is 44.9 Å². The summed E-state index contributed by atoms with van der Waals surface area (Å²) in [4.78, 5) is 0. The van der Waals surface area contributed by atoms with E-state index < -0.39 is 10.8 Å². The van der Waals surface area contributed by atoms with Crippen molar-refractivity contribution in [1.82, 2.24) is 5.32 Å². The molecule has 19 heavy (non-hydrogen) atoms. The van der Waals surface area contributed by atoms with Crippen molar-refractivity contribution in [1.29, 1.82) is 0 Å². The fraction of sp³-hybridized carbons (Fsp3) is 0.600. The van der Waals surface area contributed by atoms with E-state index >= 15 is 0 Å². The molecule has 3 nitrogen and oxygen atoms in total. The van der Waals surface area contributed by atoms with Gasteiger partial charge in [-0.1, -0.05) is 12.1 Å². The molecule has 0 spiro atoms. The van der Waals surface area contributed by atoms with Crippen LogP contribution in [-0.4, -0.2) is 28.4 Å². The number of hydrogen-bond donors (Lipinski definition) is 1. The van der Waals surface area contributed by atoms with Crippen LogP contribution in [0.15, 0.2) is 24.3 Å². The predicted octanol–water partition coefficient (Wildman–Crippen LogP) is 2.72. The minimum atomic E-state index is -0.705. The van der Waals surface area contributed by atoms with Gasteiger partial charge in [-0.3, -0.25) is 4.21 Å². The molecule has 108 valence electrons. The molecule has 0 aliphatic heterocycles. The third kappa shape index (κ3) is 7.33. The summed E-state index contributed by atoms with van der Waals surface area (Å²) in [5.41, 5.74) is 1.21. The molecule has 0 saturated carbocycles. The van der Waals surface area contributed by atoms with Gasteiger partial charge < -0.3 is 10.1 Å². The Balaban J connectivity index is 2.42. The maximum Gasteiger partial charge on any atom is 0.120 e. The van der Waals surface area contributed by atoms with E-state index in [0.29, 0.717) is 6.04 Å². The summed E-state index contributed by atoms with van der Waals surface area (Å²) in [5, 5.41) is 3.44. The summed E-state index contributed by atoms with van der Waals surface area (Å²) >= 11 is 0. The molecule has 0 amide bonds. The van der Waals surface area contributed by atoms with Crippen LogP contribution in [0.3, 0.4) is 0 Å². The molecule has 0 saturated heterocycles. The molecule has 0 aromatic heterocycles. The average molecular weight is 283 g/mol. The molecule has 1 aromatic rings. The molecule has 0 bridgehead atoms. The number of nitrogens with one attached hydrogen (secondary N) is 1. The minimum Gasteiger partial charge on any atom is -0.491 e. The van der Waals surface area contributed by atoms with Crippen molar-refractivity contribution in [2.45, 2.75) is 45.9 Å². The molecule has 0 radical (unpaired) electrons. The Morgan fingerprint density at radius 2 is 2.05 bits per heavy atom. The van der Waals surface area contributed by atoms with E-state index in [9.17, 15) is 4.21 Å². The van der Waals surface area contributed by atoms with E-state index in [4.69, 9.17) is 4.74 Å². The van der Waals surface area contributed by atoms with Crippen molar-refractivity contribution in [2.75, 3.05) is 12.0 Å². The van der Waals surface area contributed by atoms with Gasteiger partial charge in [-0.15, -0.1) is 0 Å². The van der Waals surface area contributed by atoms with Crippen molar-refractivity contribution >= 4 is 10.8 Å². The lowest BCUT2D eigenvalue weighted by molar-refractivity contribution is 0.242. The van der Waals surface area contributed by atoms with Crippen molar-refractivity contribution in [2.24, 2.45) is 0 Å². The zero-order valence-corrected chi connectivity index (χ0v) is 13.1. The highest BCUT2D eigenvalue weighted by atomic mass is 32.2. The lowest BCUT2D eigenvalue weighted by Crippen LogP contribution is -2.27. The number of hydrogen-bond acceptors (Lipinski definition) is 3. The largest absolute Gasteiger partial charge is 0.491 e. The molecular weight excluding hydrogens is 258 g/mol. The van der Waals surface area contributed by atoms with Crippen LogP contribution >= 0.6 is 0 Å². The van der Waals surface area contributed by atoms with Crippen LogP contribution in [0.4, 0.5) is 0 Å². The van der Waals surface area contributed by atoms with E-state index in [-0.39, 0.29) is 6.10 Å². The smallest absolute Gasteiger partial charge is 0.120 e.